The summed E-state index contributed by atoms with van der Waals surface area (Å²) in [6, 6.07) is 0. The van der Waals surface area contributed by atoms with Crippen LogP contribution < -0.4 is 11.1 Å². The van der Waals surface area contributed by atoms with Crippen LogP contribution in [-0.2, 0) is 0 Å². The Labute approximate surface area is 58.8 Å². The maximum atomic E-state index is 12.2. The average molecular weight is 150 g/mol. The molecule has 1 rings (SSSR count). The Bertz CT molecular complexity index is 108. The minimum Gasteiger partial charge on any atom is -0.318 e. The number of rotatable bonds is 3. The van der Waals surface area contributed by atoms with Crippen LogP contribution in [0.25, 0.3) is 0 Å². The highest BCUT2D eigenvalue weighted by atomic mass is 19.3. The SMILES string of the molecule is NCNCC1CC(F)(F)C1. The fraction of sp³-hybridized carbons (Fsp3) is 1.00. The number of alkyl halides is 2. The molecule has 10 heavy (non-hydrogen) atoms. The molecule has 0 aromatic heterocycles. The van der Waals surface area contributed by atoms with Crippen molar-refractivity contribution in [1.82, 2.24) is 5.32 Å². The molecule has 0 heterocycles. The first-order chi connectivity index (χ1) is 4.64. The Hall–Kier alpha value is -0.220. The summed E-state index contributed by atoms with van der Waals surface area (Å²) >= 11 is 0. The van der Waals surface area contributed by atoms with Crippen molar-refractivity contribution in [2.75, 3.05) is 13.2 Å². The second kappa shape index (κ2) is 2.80. The first-order valence-electron chi connectivity index (χ1n) is 3.43. The van der Waals surface area contributed by atoms with Gasteiger partial charge in [-0.1, -0.05) is 0 Å². The second-order valence-corrected chi connectivity index (χ2v) is 2.79. The van der Waals surface area contributed by atoms with E-state index in [0.29, 0.717) is 13.2 Å². The van der Waals surface area contributed by atoms with E-state index in [9.17, 15) is 8.78 Å². The van der Waals surface area contributed by atoms with Gasteiger partial charge in [-0.2, -0.15) is 0 Å². The zero-order chi connectivity index (χ0) is 7.61. The summed E-state index contributed by atoms with van der Waals surface area (Å²) in [5, 5.41) is 2.83. The molecule has 3 N–H and O–H groups in total. The summed E-state index contributed by atoms with van der Waals surface area (Å²) in [4.78, 5) is 0. The van der Waals surface area contributed by atoms with Gasteiger partial charge in [-0.15, -0.1) is 0 Å². The van der Waals surface area contributed by atoms with Gasteiger partial charge in [0, 0.05) is 19.5 Å². The molecule has 1 saturated carbocycles. The summed E-state index contributed by atoms with van der Waals surface area (Å²) in [5.41, 5.74) is 5.12. The van der Waals surface area contributed by atoms with E-state index in [1.807, 2.05) is 0 Å². The van der Waals surface area contributed by atoms with Crippen molar-refractivity contribution in [3.63, 3.8) is 0 Å². The van der Waals surface area contributed by atoms with E-state index in [1.165, 1.54) is 0 Å². The lowest BCUT2D eigenvalue weighted by Gasteiger charge is -2.34. The van der Waals surface area contributed by atoms with E-state index >= 15 is 0 Å². The lowest BCUT2D eigenvalue weighted by atomic mass is 9.81. The van der Waals surface area contributed by atoms with Gasteiger partial charge < -0.3 is 11.1 Å². The van der Waals surface area contributed by atoms with Crippen LogP contribution in [0.1, 0.15) is 12.8 Å². The van der Waals surface area contributed by atoms with Gasteiger partial charge in [-0.25, -0.2) is 8.78 Å². The fourth-order valence-electron chi connectivity index (χ4n) is 1.22. The van der Waals surface area contributed by atoms with Crippen LogP contribution in [0.2, 0.25) is 0 Å². The molecule has 0 aromatic rings. The molecule has 2 nitrogen and oxygen atoms in total. The van der Waals surface area contributed by atoms with Gasteiger partial charge in [0.25, 0.3) is 0 Å². The molecular weight excluding hydrogens is 138 g/mol. The molecule has 60 valence electrons. The van der Waals surface area contributed by atoms with Crippen molar-refractivity contribution in [1.29, 1.82) is 0 Å². The number of nitrogens with two attached hydrogens (primary N) is 1. The molecule has 1 aliphatic carbocycles. The first kappa shape index (κ1) is 7.88. The van der Waals surface area contributed by atoms with Crippen LogP contribution in [-0.4, -0.2) is 19.1 Å². The van der Waals surface area contributed by atoms with Crippen LogP contribution in [0.4, 0.5) is 8.78 Å². The van der Waals surface area contributed by atoms with Gasteiger partial charge in [0.2, 0.25) is 5.92 Å². The Morgan fingerprint density at radius 1 is 1.50 bits per heavy atom. The average Bonchev–Trinajstić information content (AvgIpc) is 1.78. The predicted octanol–water partition coefficient (Wildman–Crippen LogP) is 0.537. The van der Waals surface area contributed by atoms with E-state index in [0.717, 1.165) is 0 Å². The molecule has 1 fully saturated rings. The zero-order valence-electron chi connectivity index (χ0n) is 5.74. The molecule has 0 spiro atoms. The van der Waals surface area contributed by atoms with E-state index in [-0.39, 0.29) is 18.8 Å². The van der Waals surface area contributed by atoms with Gasteiger partial charge in [-0.05, 0) is 12.5 Å². The van der Waals surface area contributed by atoms with Gasteiger partial charge in [0.05, 0.1) is 0 Å². The van der Waals surface area contributed by atoms with Gasteiger partial charge in [-0.3, -0.25) is 0 Å². The first-order valence-corrected chi connectivity index (χ1v) is 3.43. The lowest BCUT2D eigenvalue weighted by Crippen LogP contribution is -2.42. The van der Waals surface area contributed by atoms with Crippen LogP contribution in [0.5, 0.6) is 0 Å². The van der Waals surface area contributed by atoms with Crippen molar-refractivity contribution in [2.45, 2.75) is 18.8 Å². The number of halogens is 2. The van der Waals surface area contributed by atoms with Crippen LogP contribution >= 0.6 is 0 Å². The van der Waals surface area contributed by atoms with Gasteiger partial charge in [0.15, 0.2) is 0 Å². The van der Waals surface area contributed by atoms with E-state index in [1.54, 1.807) is 0 Å². The Kier molecular flexibility index (Phi) is 2.21. The summed E-state index contributed by atoms with van der Waals surface area (Å²) in [6.45, 7) is 1.01. The van der Waals surface area contributed by atoms with Crippen molar-refractivity contribution in [3.05, 3.63) is 0 Å². The molecule has 1 aliphatic rings. The third kappa shape index (κ3) is 1.88. The second-order valence-electron chi connectivity index (χ2n) is 2.79. The molecular formula is C6H12F2N2. The summed E-state index contributed by atoms with van der Waals surface area (Å²) in [5.74, 6) is -2.25. The van der Waals surface area contributed by atoms with Crippen molar-refractivity contribution in [2.24, 2.45) is 11.7 Å². The Morgan fingerprint density at radius 2 is 2.10 bits per heavy atom. The highest BCUT2D eigenvalue weighted by Crippen LogP contribution is 2.41. The monoisotopic (exact) mass is 150 g/mol. The minimum atomic E-state index is -2.39. The lowest BCUT2D eigenvalue weighted by molar-refractivity contribution is -0.109. The van der Waals surface area contributed by atoms with Crippen LogP contribution in [0, 0.1) is 5.92 Å². The molecule has 0 bridgehead atoms. The van der Waals surface area contributed by atoms with E-state index in [4.69, 9.17) is 5.73 Å². The topological polar surface area (TPSA) is 38.0 Å². The number of hydrogen-bond donors (Lipinski definition) is 2. The third-order valence-electron chi connectivity index (χ3n) is 1.75. The smallest absolute Gasteiger partial charge is 0.248 e. The molecule has 0 unspecified atom stereocenters. The molecule has 0 radical (unpaired) electrons. The summed E-state index contributed by atoms with van der Waals surface area (Å²) in [6.07, 6.45) is 0.0556. The minimum absolute atomic E-state index is 0.0278. The standard InChI is InChI=1S/C6H12F2N2/c7-6(8)1-5(2-6)3-10-4-9/h5,10H,1-4,9H2. The van der Waals surface area contributed by atoms with Crippen molar-refractivity contribution >= 4 is 0 Å². The molecule has 0 saturated heterocycles. The largest absolute Gasteiger partial charge is 0.318 e. The molecule has 4 heteroatoms. The number of nitrogens with one attached hydrogen (secondary N) is 1. The van der Waals surface area contributed by atoms with Crippen LogP contribution in [0.3, 0.4) is 0 Å². The summed E-state index contributed by atoms with van der Waals surface area (Å²) in [7, 11) is 0. The highest BCUT2D eigenvalue weighted by Gasteiger charge is 2.44. The fourth-order valence-corrected chi connectivity index (χ4v) is 1.22. The quantitative estimate of drug-likeness (QED) is 0.576. The van der Waals surface area contributed by atoms with Crippen molar-refractivity contribution in [3.8, 4) is 0 Å². The Morgan fingerprint density at radius 3 is 2.50 bits per heavy atom. The maximum Gasteiger partial charge on any atom is 0.248 e. The van der Waals surface area contributed by atoms with Crippen molar-refractivity contribution < 1.29 is 8.78 Å². The Balaban J connectivity index is 2.03. The van der Waals surface area contributed by atoms with E-state index < -0.39 is 5.92 Å². The van der Waals surface area contributed by atoms with E-state index in [2.05, 4.69) is 5.32 Å². The molecule has 0 atom stereocenters. The maximum absolute atomic E-state index is 12.2. The number of hydrogen-bond acceptors (Lipinski definition) is 2. The molecule has 0 amide bonds. The highest BCUT2D eigenvalue weighted by molar-refractivity contribution is 4.86. The third-order valence-corrected chi connectivity index (χ3v) is 1.75. The summed E-state index contributed by atoms with van der Waals surface area (Å²) < 4.78 is 24.3. The normalized spacial score (nSPS) is 24.3. The van der Waals surface area contributed by atoms with Crippen LogP contribution in [0.15, 0.2) is 0 Å². The predicted molar refractivity (Wildman–Crippen MR) is 34.7 cm³/mol. The van der Waals surface area contributed by atoms with Gasteiger partial charge in [0.1, 0.15) is 0 Å². The zero-order valence-corrected chi connectivity index (χ0v) is 5.74. The van der Waals surface area contributed by atoms with Gasteiger partial charge >= 0.3 is 0 Å². The molecule has 0 aromatic carbocycles. The molecule has 0 aliphatic heterocycles.